The van der Waals surface area contributed by atoms with Gasteiger partial charge >= 0.3 is 0 Å². The molecule has 0 fully saturated rings. The van der Waals surface area contributed by atoms with Crippen molar-refractivity contribution < 1.29 is 4.12 Å². The van der Waals surface area contributed by atoms with Crippen molar-refractivity contribution in [1.82, 2.24) is 0 Å². The Balaban J connectivity index is 1.60. The molecule has 0 aliphatic heterocycles. The van der Waals surface area contributed by atoms with Gasteiger partial charge in [0.2, 0.25) is 0 Å². The van der Waals surface area contributed by atoms with E-state index in [9.17, 15) is 0 Å². The first-order valence-electron chi connectivity index (χ1n) is 11.5. The molecule has 0 unspecified atom stereocenters. The Morgan fingerprint density at radius 1 is 0.700 bits per heavy atom. The van der Waals surface area contributed by atoms with E-state index in [1.165, 1.54) is 61.3 Å². The van der Waals surface area contributed by atoms with Gasteiger partial charge in [0, 0.05) is 0 Å². The molecule has 4 heteroatoms. The summed E-state index contributed by atoms with van der Waals surface area (Å²) in [7, 11) is -2.83. The summed E-state index contributed by atoms with van der Waals surface area (Å²) in [6.45, 7) is 11.7. The lowest BCUT2D eigenvalue weighted by Gasteiger charge is -2.31. The lowest BCUT2D eigenvalue weighted by molar-refractivity contribution is 0.535. The van der Waals surface area contributed by atoms with E-state index in [0.717, 1.165) is 6.42 Å². The maximum absolute atomic E-state index is 8.92. The van der Waals surface area contributed by atoms with E-state index >= 15 is 0 Å². The summed E-state index contributed by atoms with van der Waals surface area (Å²) in [5.41, 5.74) is 4.51. The van der Waals surface area contributed by atoms with Gasteiger partial charge in [-0.05, 0) is 80.4 Å². The zero-order valence-corrected chi connectivity index (χ0v) is 21.6. The van der Waals surface area contributed by atoms with Crippen LogP contribution in [0.5, 0.6) is 0 Å². The van der Waals surface area contributed by atoms with Crippen LogP contribution < -0.4 is 0 Å². The molecule has 30 heavy (non-hydrogen) atoms. The molecule has 0 aliphatic carbocycles. The average Bonchev–Trinajstić information content (AvgIpc) is 2.68. The molecule has 0 aromatic heterocycles. The number of aryl methyl sites for hydroxylation is 1. The van der Waals surface area contributed by atoms with Crippen LogP contribution >= 0.6 is 0 Å². The summed E-state index contributed by atoms with van der Waals surface area (Å²) in [6.07, 6.45) is 9.15. The van der Waals surface area contributed by atoms with E-state index in [2.05, 4.69) is 63.1 Å². The van der Waals surface area contributed by atoms with Crippen molar-refractivity contribution in [3.63, 3.8) is 0 Å². The minimum Gasteiger partial charge on any atom is -0.456 e. The highest BCUT2D eigenvalue weighted by Crippen LogP contribution is 2.23. The summed E-state index contributed by atoms with van der Waals surface area (Å²) < 4.78 is 6.43. The van der Waals surface area contributed by atoms with Crippen LogP contribution in [0.4, 0.5) is 0 Å². The predicted molar refractivity (Wildman–Crippen MR) is 135 cm³/mol. The molecular weight excluding hydrogens is 398 g/mol. The smallest absolute Gasteiger partial charge is 0.173 e. The Morgan fingerprint density at radius 2 is 1.20 bits per heavy atom. The highest BCUT2D eigenvalue weighted by atomic mass is 28.4. The third kappa shape index (κ3) is 9.42. The summed E-state index contributed by atoms with van der Waals surface area (Å²) in [5.74, 6) is 0. The zero-order valence-electron chi connectivity index (χ0n) is 19.6. The van der Waals surface area contributed by atoms with E-state index < -0.39 is 16.6 Å². The van der Waals surface area contributed by atoms with Gasteiger partial charge in [-0.2, -0.15) is 5.26 Å². The number of unbranched alkanes of at least 4 members (excludes halogenated alkanes) is 5. The van der Waals surface area contributed by atoms with Crippen molar-refractivity contribution in [2.45, 2.75) is 83.7 Å². The average molecular weight is 438 g/mol. The van der Waals surface area contributed by atoms with E-state index in [0.29, 0.717) is 5.56 Å². The molecule has 0 bridgehead atoms. The monoisotopic (exact) mass is 437 g/mol. The molecule has 0 radical (unpaired) electrons. The number of benzene rings is 2. The molecular formula is C26H39NOSi2. The molecule has 2 aromatic carbocycles. The molecule has 0 amide bonds. The number of hydrogen-bond donors (Lipinski definition) is 0. The van der Waals surface area contributed by atoms with Crippen LogP contribution in [-0.4, -0.2) is 16.6 Å². The number of hydrogen-bond acceptors (Lipinski definition) is 2. The Hall–Kier alpha value is -1.68. The summed E-state index contributed by atoms with van der Waals surface area (Å²) in [5, 5.41) is 8.92. The SMILES string of the molecule is C[Si](C)(C)O[Si](C)(C)CCCCCCCCc1ccc(-c2ccc(C#N)cc2)cc1. The fraction of sp³-hybridized carbons (Fsp3) is 0.500. The lowest BCUT2D eigenvalue weighted by Crippen LogP contribution is -2.42. The molecule has 0 heterocycles. The Labute approximate surface area is 186 Å². The van der Waals surface area contributed by atoms with Crippen LogP contribution in [0.2, 0.25) is 38.8 Å². The molecule has 0 saturated carbocycles. The van der Waals surface area contributed by atoms with Crippen LogP contribution in [0.15, 0.2) is 48.5 Å². The van der Waals surface area contributed by atoms with Crippen molar-refractivity contribution in [2.75, 3.05) is 0 Å². The second kappa shape index (κ2) is 11.6. The first-order valence-corrected chi connectivity index (χ1v) is 18.0. The molecule has 2 rings (SSSR count). The van der Waals surface area contributed by atoms with Crippen molar-refractivity contribution in [3.05, 3.63) is 59.7 Å². The molecule has 162 valence electrons. The van der Waals surface area contributed by atoms with E-state index in [4.69, 9.17) is 9.38 Å². The fourth-order valence-corrected chi connectivity index (χ4v) is 12.2. The first-order chi connectivity index (χ1) is 14.2. The topological polar surface area (TPSA) is 33.0 Å². The summed E-state index contributed by atoms with van der Waals surface area (Å²) in [6, 6.07) is 20.2. The van der Waals surface area contributed by atoms with Gasteiger partial charge in [0.05, 0.1) is 11.6 Å². The van der Waals surface area contributed by atoms with E-state index in [1.54, 1.807) is 0 Å². The van der Waals surface area contributed by atoms with E-state index in [1.807, 2.05) is 24.3 Å². The standard InChI is InChI=1S/C26H39NOSi2/c1-29(2,3)28-30(4,5)21-11-9-7-6-8-10-12-23-13-17-25(18-14-23)26-19-15-24(22-27)16-20-26/h13-20H,6-12,21H2,1-5H3. The van der Waals surface area contributed by atoms with Gasteiger partial charge < -0.3 is 4.12 Å². The van der Waals surface area contributed by atoms with Crippen LogP contribution in [-0.2, 0) is 10.5 Å². The van der Waals surface area contributed by atoms with Gasteiger partial charge in [-0.3, -0.25) is 0 Å². The lowest BCUT2D eigenvalue weighted by atomic mass is 10.00. The maximum Gasteiger partial charge on any atom is 0.173 e. The van der Waals surface area contributed by atoms with E-state index in [-0.39, 0.29) is 0 Å². The fourth-order valence-electron chi connectivity index (χ4n) is 4.07. The van der Waals surface area contributed by atoms with Crippen LogP contribution in [0.3, 0.4) is 0 Å². The number of rotatable bonds is 12. The Morgan fingerprint density at radius 3 is 1.73 bits per heavy atom. The third-order valence-corrected chi connectivity index (χ3v) is 11.6. The minimum atomic E-state index is -1.44. The largest absolute Gasteiger partial charge is 0.456 e. The van der Waals surface area contributed by atoms with Crippen molar-refractivity contribution >= 4 is 16.6 Å². The second-order valence-corrected chi connectivity index (χ2v) is 19.0. The van der Waals surface area contributed by atoms with Gasteiger partial charge in [-0.1, -0.05) is 68.5 Å². The number of nitrogens with zero attached hydrogens (tertiary/aromatic N) is 1. The zero-order chi connectivity index (χ0) is 22.0. The predicted octanol–water partition coefficient (Wildman–Crippen LogP) is 8.16. The van der Waals surface area contributed by atoms with Crippen molar-refractivity contribution in [1.29, 1.82) is 5.26 Å². The van der Waals surface area contributed by atoms with Crippen molar-refractivity contribution in [3.8, 4) is 17.2 Å². The van der Waals surface area contributed by atoms with Crippen LogP contribution in [0, 0.1) is 11.3 Å². The number of nitriles is 1. The quantitative estimate of drug-likeness (QED) is 0.248. The molecule has 2 aromatic rings. The minimum absolute atomic E-state index is 0.709. The summed E-state index contributed by atoms with van der Waals surface area (Å²) >= 11 is 0. The van der Waals surface area contributed by atoms with Crippen molar-refractivity contribution in [2.24, 2.45) is 0 Å². The van der Waals surface area contributed by atoms with Gasteiger partial charge in [0.25, 0.3) is 0 Å². The van der Waals surface area contributed by atoms with Crippen LogP contribution in [0.25, 0.3) is 11.1 Å². The highest BCUT2D eigenvalue weighted by Gasteiger charge is 2.28. The molecule has 0 N–H and O–H groups in total. The Kier molecular flexibility index (Phi) is 9.55. The normalized spacial score (nSPS) is 12.0. The van der Waals surface area contributed by atoms with Gasteiger partial charge in [-0.25, -0.2) is 0 Å². The van der Waals surface area contributed by atoms with Gasteiger partial charge in [-0.15, -0.1) is 0 Å². The molecule has 0 aliphatic rings. The van der Waals surface area contributed by atoms with Gasteiger partial charge in [0.15, 0.2) is 16.6 Å². The van der Waals surface area contributed by atoms with Crippen LogP contribution in [0.1, 0.15) is 49.7 Å². The second-order valence-electron chi connectivity index (χ2n) is 9.98. The van der Waals surface area contributed by atoms with Gasteiger partial charge in [0.1, 0.15) is 0 Å². The first kappa shape index (κ1) is 24.6. The molecule has 0 spiro atoms. The third-order valence-electron chi connectivity index (χ3n) is 5.38. The molecule has 0 atom stereocenters. The molecule has 2 nitrogen and oxygen atoms in total. The maximum atomic E-state index is 8.92. The highest BCUT2D eigenvalue weighted by molar-refractivity contribution is 6.84. The Bertz CT molecular complexity index is 799. The molecule has 0 saturated heterocycles. The summed E-state index contributed by atoms with van der Waals surface area (Å²) in [4.78, 5) is 0.